The first-order valence-electron chi connectivity index (χ1n) is 9.29. The molecule has 0 aliphatic carbocycles. The zero-order valence-electron chi connectivity index (χ0n) is 15.5. The van der Waals surface area contributed by atoms with Crippen LogP contribution < -0.4 is 5.32 Å². The van der Waals surface area contributed by atoms with E-state index in [-0.39, 0.29) is 29.9 Å². The number of aromatic nitrogens is 2. The van der Waals surface area contributed by atoms with Crippen LogP contribution in [0.3, 0.4) is 0 Å². The molecule has 1 fully saturated rings. The van der Waals surface area contributed by atoms with Gasteiger partial charge in [-0.25, -0.2) is 4.39 Å². The Morgan fingerprint density at radius 2 is 1.93 bits per heavy atom. The van der Waals surface area contributed by atoms with Gasteiger partial charge in [-0.05, 0) is 49.2 Å². The highest BCUT2D eigenvalue weighted by molar-refractivity contribution is 5.94. The lowest BCUT2D eigenvalue weighted by Crippen LogP contribution is -2.43. The summed E-state index contributed by atoms with van der Waals surface area (Å²) in [5, 5.41) is 6.53. The molecule has 3 aromatic rings. The zero-order valence-corrected chi connectivity index (χ0v) is 15.5. The van der Waals surface area contributed by atoms with Gasteiger partial charge in [-0.3, -0.25) is 9.59 Å². The van der Waals surface area contributed by atoms with E-state index in [1.807, 2.05) is 0 Å². The fourth-order valence-electron chi connectivity index (χ4n) is 3.26. The van der Waals surface area contributed by atoms with Gasteiger partial charge in [0.15, 0.2) is 5.76 Å². The number of halogens is 1. The molecule has 0 radical (unpaired) electrons. The number of hydrogen-bond acceptors (Lipinski definition) is 6. The molecule has 2 amide bonds. The van der Waals surface area contributed by atoms with Crippen molar-refractivity contribution in [3.05, 3.63) is 60.1 Å². The molecule has 8 nitrogen and oxygen atoms in total. The Labute approximate surface area is 165 Å². The average Bonchev–Trinajstić information content (AvgIpc) is 3.45. The molecule has 0 unspecified atom stereocenters. The lowest BCUT2D eigenvalue weighted by molar-refractivity contribution is -0.131. The van der Waals surface area contributed by atoms with E-state index in [4.69, 9.17) is 8.94 Å². The third-order valence-corrected chi connectivity index (χ3v) is 4.89. The summed E-state index contributed by atoms with van der Waals surface area (Å²) in [6.07, 6.45) is 2.77. The summed E-state index contributed by atoms with van der Waals surface area (Å²) in [5.41, 5.74) is 0.682. The van der Waals surface area contributed by atoms with Crippen molar-refractivity contribution in [1.82, 2.24) is 20.4 Å². The van der Waals surface area contributed by atoms with E-state index in [0.717, 1.165) is 0 Å². The molecule has 9 heteroatoms. The van der Waals surface area contributed by atoms with E-state index in [0.29, 0.717) is 43.2 Å². The standard InChI is InChI=1S/C20H19FN4O4/c21-15-5-3-13(4-6-15)18-23-20(29-24-18)14-7-9-25(10-8-14)17(26)12-22-19(27)16-2-1-11-28-16/h1-6,11,14H,7-10,12H2,(H,22,27). The number of rotatable bonds is 5. The van der Waals surface area contributed by atoms with E-state index in [1.165, 1.54) is 24.5 Å². The summed E-state index contributed by atoms with van der Waals surface area (Å²) in [7, 11) is 0. The highest BCUT2D eigenvalue weighted by atomic mass is 19.1. The number of amides is 2. The molecular weight excluding hydrogens is 379 g/mol. The van der Waals surface area contributed by atoms with Crippen molar-refractivity contribution in [2.75, 3.05) is 19.6 Å². The Bertz CT molecular complexity index is 976. The van der Waals surface area contributed by atoms with Gasteiger partial charge in [0.2, 0.25) is 17.6 Å². The molecule has 0 bridgehead atoms. The van der Waals surface area contributed by atoms with Gasteiger partial charge in [0.1, 0.15) is 5.82 Å². The zero-order chi connectivity index (χ0) is 20.2. The third-order valence-electron chi connectivity index (χ3n) is 4.89. The number of likely N-dealkylation sites (tertiary alicyclic amines) is 1. The van der Waals surface area contributed by atoms with Crippen molar-refractivity contribution in [2.24, 2.45) is 0 Å². The van der Waals surface area contributed by atoms with Crippen molar-refractivity contribution < 1.29 is 22.9 Å². The maximum absolute atomic E-state index is 13.0. The van der Waals surface area contributed by atoms with Crippen molar-refractivity contribution >= 4 is 11.8 Å². The fraction of sp³-hybridized carbons (Fsp3) is 0.300. The lowest BCUT2D eigenvalue weighted by Gasteiger charge is -2.30. The minimum absolute atomic E-state index is 0.0541. The van der Waals surface area contributed by atoms with Crippen LogP contribution in [0.4, 0.5) is 4.39 Å². The monoisotopic (exact) mass is 398 g/mol. The Morgan fingerprint density at radius 1 is 1.17 bits per heavy atom. The Balaban J connectivity index is 1.28. The maximum atomic E-state index is 13.0. The van der Waals surface area contributed by atoms with Crippen LogP contribution in [-0.4, -0.2) is 46.5 Å². The molecule has 2 aromatic heterocycles. The van der Waals surface area contributed by atoms with Gasteiger partial charge in [0.05, 0.1) is 12.8 Å². The first-order valence-corrected chi connectivity index (χ1v) is 9.29. The SMILES string of the molecule is O=C(NCC(=O)N1CCC(c2nc(-c3ccc(F)cc3)no2)CC1)c1ccco1. The van der Waals surface area contributed by atoms with Crippen molar-refractivity contribution in [1.29, 1.82) is 0 Å². The number of piperidine rings is 1. The summed E-state index contributed by atoms with van der Waals surface area (Å²) in [6, 6.07) is 9.04. The lowest BCUT2D eigenvalue weighted by atomic mass is 9.96. The molecule has 29 heavy (non-hydrogen) atoms. The van der Waals surface area contributed by atoms with Gasteiger partial charge in [0.25, 0.3) is 5.91 Å². The number of furan rings is 1. The van der Waals surface area contributed by atoms with Crippen LogP contribution >= 0.6 is 0 Å². The van der Waals surface area contributed by atoms with E-state index < -0.39 is 5.91 Å². The van der Waals surface area contributed by atoms with E-state index in [2.05, 4.69) is 15.5 Å². The predicted molar refractivity (Wildman–Crippen MR) is 99.3 cm³/mol. The quantitative estimate of drug-likeness (QED) is 0.709. The molecule has 1 N–H and O–H groups in total. The fourth-order valence-corrected chi connectivity index (χ4v) is 3.26. The van der Waals surface area contributed by atoms with Crippen LogP contribution in [-0.2, 0) is 4.79 Å². The summed E-state index contributed by atoms with van der Waals surface area (Å²) in [6.45, 7) is 0.988. The molecule has 1 aliphatic heterocycles. The second-order valence-corrected chi connectivity index (χ2v) is 6.78. The van der Waals surface area contributed by atoms with E-state index in [9.17, 15) is 14.0 Å². The molecule has 1 saturated heterocycles. The van der Waals surface area contributed by atoms with E-state index >= 15 is 0 Å². The largest absolute Gasteiger partial charge is 0.459 e. The minimum Gasteiger partial charge on any atom is -0.459 e. The number of carbonyl (C=O) groups is 2. The van der Waals surface area contributed by atoms with Crippen LogP contribution in [0.15, 0.2) is 51.6 Å². The van der Waals surface area contributed by atoms with Crippen LogP contribution in [0.1, 0.15) is 35.2 Å². The number of nitrogens with zero attached hydrogens (tertiary/aromatic N) is 3. The molecule has 1 aromatic carbocycles. The van der Waals surface area contributed by atoms with Crippen molar-refractivity contribution in [3.63, 3.8) is 0 Å². The van der Waals surface area contributed by atoms with Crippen LogP contribution in [0.5, 0.6) is 0 Å². The number of benzene rings is 1. The molecule has 150 valence electrons. The number of hydrogen-bond donors (Lipinski definition) is 1. The molecule has 1 aliphatic rings. The van der Waals surface area contributed by atoms with Gasteiger partial charge in [-0.2, -0.15) is 4.98 Å². The second kappa shape index (κ2) is 8.26. The highest BCUT2D eigenvalue weighted by Crippen LogP contribution is 2.28. The predicted octanol–water partition coefficient (Wildman–Crippen LogP) is 2.60. The first-order chi connectivity index (χ1) is 14.1. The smallest absolute Gasteiger partial charge is 0.287 e. The summed E-state index contributed by atoms with van der Waals surface area (Å²) in [4.78, 5) is 30.3. The Morgan fingerprint density at radius 3 is 2.62 bits per heavy atom. The molecule has 0 saturated carbocycles. The summed E-state index contributed by atoms with van der Waals surface area (Å²) >= 11 is 0. The van der Waals surface area contributed by atoms with Gasteiger partial charge in [0, 0.05) is 24.6 Å². The molecule has 3 heterocycles. The van der Waals surface area contributed by atoms with Crippen LogP contribution in [0, 0.1) is 5.82 Å². The van der Waals surface area contributed by atoms with Gasteiger partial charge in [-0.1, -0.05) is 5.16 Å². The minimum atomic E-state index is -0.419. The Kier molecular flexibility index (Phi) is 5.37. The number of carbonyl (C=O) groups excluding carboxylic acids is 2. The topological polar surface area (TPSA) is 101 Å². The van der Waals surface area contributed by atoms with Crippen molar-refractivity contribution in [3.8, 4) is 11.4 Å². The molecule has 4 rings (SSSR count). The van der Waals surface area contributed by atoms with Crippen molar-refractivity contribution in [2.45, 2.75) is 18.8 Å². The molecule has 0 spiro atoms. The summed E-state index contributed by atoms with van der Waals surface area (Å²) < 4.78 is 23.4. The van der Waals surface area contributed by atoms with Crippen LogP contribution in [0.2, 0.25) is 0 Å². The molecule has 0 atom stereocenters. The average molecular weight is 398 g/mol. The maximum Gasteiger partial charge on any atom is 0.287 e. The first kappa shape index (κ1) is 18.9. The number of nitrogens with one attached hydrogen (secondary N) is 1. The van der Waals surface area contributed by atoms with E-state index in [1.54, 1.807) is 23.1 Å². The normalized spacial score (nSPS) is 14.7. The summed E-state index contributed by atoms with van der Waals surface area (Å²) in [5.74, 6) is 0.262. The van der Waals surface area contributed by atoms with Gasteiger partial charge in [-0.15, -0.1) is 0 Å². The van der Waals surface area contributed by atoms with Gasteiger partial charge >= 0.3 is 0 Å². The molecular formula is C20H19FN4O4. The third kappa shape index (κ3) is 4.34. The second-order valence-electron chi connectivity index (χ2n) is 6.78. The van der Waals surface area contributed by atoms with Gasteiger partial charge < -0.3 is 19.2 Å². The van der Waals surface area contributed by atoms with Crippen LogP contribution in [0.25, 0.3) is 11.4 Å². The Hall–Kier alpha value is -3.49. The highest BCUT2D eigenvalue weighted by Gasteiger charge is 2.28.